The lowest BCUT2D eigenvalue weighted by molar-refractivity contribution is 1.25. The fourth-order valence-electron chi connectivity index (χ4n) is 1.93. The monoisotopic (exact) mass is 282 g/mol. The molecule has 1 N–H and O–H groups in total. The van der Waals surface area contributed by atoms with Crippen LogP contribution in [0.5, 0.6) is 0 Å². The summed E-state index contributed by atoms with van der Waals surface area (Å²) in [4.78, 5) is 8.71. The van der Waals surface area contributed by atoms with Crippen LogP contribution in [0, 0.1) is 13.8 Å². The van der Waals surface area contributed by atoms with E-state index in [-0.39, 0.29) is 0 Å². The SMILES string of the molecule is Cc1cccnc1Nc1cc(-c2ncccc2C)ns1. The van der Waals surface area contributed by atoms with Crippen molar-refractivity contribution in [2.75, 3.05) is 5.32 Å². The molecule has 3 rings (SSSR count). The second-order valence-corrected chi connectivity index (χ2v) is 5.34. The molecular weight excluding hydrogens is 268 g/mol. The van der Waals surface area contributed by atoms with Crippen molar-refractivity contribution in [3.63, 3.8) is 0 Å². The van der Waals surface area contributed by atoms with Gasteiger partial charge in [0.15, 0.2) is 0 Å². The molecule has 3 aromatic heterocycles. The Morgan fingerprint density at radius 1 is 1.00 bits per heavy atom. The van der Waals surface area contributed by atoms with Crippen LogP contribution in [0.2, 0.25) is 0 Å². The molecular formula is C15H14N4S. The molecule has 0 spiro atoms. The maximum absolute atomic E-state index is 4.46. The predicted molar refractivity (Wildman–Crippen MR) is 82.3 cm³/mol. The summed E-state index contributed by atoms with van der Waals surface area (Å²) < 4.78 is 4.46. The minimum absolute atomic E-state index is 0.862. The summed E-state index contributed by atoms with van der Waals surface area (Å²) >= 11 is 1.42. The Morgan fingerprint density at radius 3 is 2.50 bits per heavy atom. The summed E-state index contributed by atoms with van der Waals surface area (Å²) in [5.74, 6) is 0.862. The van der Waals surface area contributed by atoms with E-state index in [1.54, 1.807) is 12.4 Å². The average Bonchev–Trinajstić information content (AvgIpc) is 2.90. The van der Waals surface area contributed by atoms with Crippen molar-refractivity contribution in [1.29, 1.82) is 0 Å². The van der Waals surface area contributed by atoms with Crippen LogP contribution in [0.1, 0.15) is 11.1 Å². The lowest BCUT2D eigenvalue weighted by Gasteiger charge is -2.04. The highest BCUT2D eigenvalue weighted by atomic mass is 32.1. The number of rotatable bonds is 3. The molecule has 0 atom stereocenters. The number of nitrogens with one attached hydrogen (secondary N) is 1. The smallest absolute Gasteiger partial charge is 0.133 e. The number of aromatic nitrogens is 3. The van der Waals surface area contributed by atoms with Gasteiger partial charge in [-0.1, -0.05) is 12.1 Å². The van der Waals surface area contributed by atoms with Gasteiger partial charge in [0, 0.05) is 18.5 Å². The highest BCUT2D eigenvalue weighted by Gasteiger charge is 2.09. The fraction of sp³-hybridized carbons (Fsp3) is 0.133. The topological polar surface area (TPSA) is 50.7 Å². The minimum atomic E-state index is 0.862. The molecule has 0 amide bonds. The molecule has 0 aliphatic heterocycles. The molecule has 0 unspecified atom stereocenters. The van der Waals surface area contributed by atoms with Gasteiger partial charge in [-0.15, -0.1) is 0 Å². The van der Waals surface area contributed by atoms with Crippen molar-refractivity contribution in [2.24, 2.45) is 0 Å². The van der Waals surface area contributed by atoms with E-state index >= 15 is 0 Å². The van der Waals surface area contributed by atoms with Crippen LogP contribution < -0.4 is 5.32 Å². The van der Waals surface area contributed by atoms with Gasteiger partial charge < -0.3 is 5.32 Å². The van der Waals surface area contributed by atoms with Gasteiger partial charge in [0.05, 0.1) is 5.69 Å². The normalized spacial score (nSPS) is 10.5. The van der Waals surface area contributed by atoms with Crippen molar-refractivity contribution < 1.29 is 0 Å². The van der Waals surface area contributed by atoms with E-state index in [0.717, 1.165) is 33.3 Å². The average molecular weight is 282 g/mol. The molecule has 3 aromatic rings. The van der Waals surface area contributed by atoms with Crippen LogP contribution in [0.3, 0.4) is 0 Å². The Hall–Kier alpha value is -2.27. The Balaban J connectivity index is 1.88. The van der Waals surface area contributed by atoms with Crippen LogP contribution in [-0.4, -0.2) is 14.3 Å². The van der Waals surface area contributed by atoms with Crippen molar-refractivity contribution in [3.05, 3.63) is 53.9 Å². The van der Waals surface area contributed by atoms with E-state index < -0.39 is 0 Å². The van der Waals surface area contributed by atoms with E-state index in [1.165, 1.54) is 11.5 Å². The summed E-state index contributed by atoms with van der Waals surface area (Å²) in [6.07, 6.45) is 3.57. The van der Waals surface area contributed by atoms with E-state index in [2.05, 4.69) is 19.7 Å². The van der Waals surface area contributed by atoms with Crippen molar-refractivity contribution in [1.82, 2.24) is 14.3 Å². The third-order valence-corrected chi connectivity index (χ3v) is 3.72. The number of pyridine rings is 2. The quantitative estimate of drug-likeness (QED) is 0.790. The third kappa shape index (κ3) is 2.53. The molecule has 100 valence electrons. The molecule has 3 heterocycles. The second-order valence-electron chi connectivity index (χ2n) is 4.54. The van der Waals surface area contributed by atoms with E-state index in [0.29, 0.717) is 0 Å². The van der Waals surface area contributed by atoms with Gasteiger partial charge >= 0.3 is 0 Å². The van der Waals surface area contributed by atoms with E-state index in [4.69, 9.17) is 0 Å². The van der Waals surface area contributed by atoms with Gasteiger partial charge in [0.2, 0.25) is 0 Å². The van der Waals surface area contributed by atoms with Crippen LogP contribution in [0.25, 0.3) is 11.4 Å². The molecule has 0 radical (unpaired) electrons. The third-order valence-electron chi connectivity index (χ3n) is 3.01. The molecule has 0 aliphatic rings. The van der Waals surface area contributed by atoms with Crippen LogP contribution >= 0.6 is 11.5 Å². The minimum Gasteiger partial charge on any atom is -0.330 e. The number of nitrogens with zero attached hydrogens (tertiary/aromatic N) is 3. The second kappa shape index (κ2) is 5.38. The predicted octanol–water partition coefficient (Wildman–Crippen LogP) is 3.96. The van der Waals surface area contributed by atoms with Gasteiger partial charge in [0.25, 0.3) is 0 Å². The Kier molecular flexibility index (Phi) is 3.43. The molecule has 0 aliphatic carbocycles. The Labute approximate surface area is 121 Å². The first-order chi connectivity index (χ1) is 9.74. The first-order valence-corrected chi connectivity index (χ1v) is 7.09. The lowest BCUT2D eigenvalue weighted by Crippen LogP contribution is -1.93. The summed E-state index contributed by atoms with van der Waals surface area (Å²) in [5.41, 5.74) is 4.05. The van der Waals surface area contributed by atoms with E-state index in [9.17, 15) is 0 Å². The first kappa shape index (κ1) is 12.7. The highest BCUT2D eigenvalue weighted by molar-refractivity contribution is 7.10. The zero-order valence-electron chi connectivity index (χ0n) is 11.3. The van der Waals surface area contributed by atoms with Gasteiger partial charge in [-0.2, -0.15) is 4.37 Å². The summed E-state index contributed by atoms with van der Waals surface area (Å²) in [6, 6.07) is 9.93. The molecule has 5 heteroatoms. The van der Waals surface area contributed by atoms with Gasteiger partial charge in [-0.25, -0.2) is 4.98 Å². The molecule has 0 bridgehead atoms. The zero-order chi connectivity index (χ0) is 13.9. The van der Waals surface area contributed by atoms with Crippen molar-refractivity contribution in [2.45, 2.75) is 13.8 Å². The van der Waals surface area contributed by atoms with Crippen LogP contribution in [-0.2, 0) is 0 Å². The summed E-state index contributed by atoms with van der Waals surface area (Å²) in [5, 5.41) is 4.26. The van der Waals surface area contributed by atoms with Gasteiger partial charge in [0.1, 0.15) is 16.5 Å². The van der Waals surface area contributed by atoms with Gasteiger partial charge in [-0.05, 0) is 48.6 Å². The number of hydrogen-bond acceptors (Lipinski definition) is 5. The molecule has 0 saturated carbocycles. The molecule has 0 saturated heterocycles. The van der Waals surface area contributed by atoms with Crippen LogP contribution in [0.15, 0.2) is 42.7 Å². The summed E-state index contributed by atoms with van der Waals surface area (Å²) in [6.45, 7) is 4.07. The number of anilines is 2. The fourth-order valence-corrected chi connectivity index (χ4v) is 2.58. The molecule has 20 heavy (non-hydrogen) atoms. The lowest BCUT2D eigenvalue weighted by atomic mass is 10.2. The maximum atomic E-state index is 4.46. The number of hydrogen-bond donors (Lipinski definition) is 1. The Bertz CT molecular complexity index is 736. The molecule has 0 fully saturated rings. The van der Waals surface area contributed by atoms with Gasteiger partial charge in [-0.3, -0.25) is 4.98 Å². The largest absolute Gasteiger partial charge is 0.330 e. The van der Waals surface area contributed by atoms with Crippen molar-refractivity contribution >= 4 is 22.4 Å². The number of aryl methyl sites for hydroxylation is 2. The van der Waals surface area contributed by atoms with Crippen molar-refractivity contribution in [3.8, 4) is 11.4 Å². The first-order valence-electron chi connectivity index (χ1n) is 6.31. The zero-order valence-corrected chi connectivity index (χ0v) is 12.1. The highest BCUT2D eigenvalue weighted by Crippen LogP contribution is 2.28. The summed E-state index contributed by atoms with van der Waals surface area (Å²) in [7, 11) is 0. The van der Waals surface area contributed by atoms with Crippen LogP contribution in [0.4, 0.5) is 10.8 Å². The maximum Gasteiger partial charge on any atom is 0.133 e. The standard InChI is InChI=1S/C15H14N4S/c1-10-5-3-7-16-14(10)12-9-13(20-19-12)18-15-11(2)6-4-8-17-15/h3-9H,1-2H3,(H,17,18). The molecule has 0 aromatic carbocycles. The Morgan fingerprint density at radius 2 is 1.75 bits per heavy atom. The molecule has 4 nitrogen and oxygen atoms in total. The van der Waals surface area contributed by atoms with E-state index in [1.807, 2.05) is 44.2 Å².